The maximum absolute atomic E-state index is 4.94. The van der Waals surface area contributed by atoms with Crippen molar-refractivity contribution in [3.05, 3.63) is 6.15 Å². The first-order chi connectivity index (χ1) is 2.50. The number of hydrogen-bond acceptors (Lipinski definition) is 1. The minimum atomic E-state index is 0. The second-order valence-corrected chi connectivity index (χ2v) is 1.32. The molecular formula is C4H10LiNO. The van der Waals surface area contributed by atoms with Crippen LogP contribution in [0.15, 0.2) is 0 Å². The average Bonchev–Trinajstić information content (AvgIpc) is 1.76. The van der Waals surface area contributed by atoms with Gasteiger partial charge in [0.2, 0.25) is 0 Å². The van der Waals surface area contributed by atoms with Gasteiger partial charge in [0.1, 0.15) is 0 Å². The van der Waals surface area contributed by atoms with Crippen molar-refractivity contribution in [3.63, 3.8) is 0 Å². The predicted octanol–water partition coefficient (Wildman–Crippen LogP) is -1.48. The molecule has 0 aliphatic carbocycles. The van der Waals surface area contributed by atoms with Crippen LogP contribution in [0.5, 0.6) is 0 Å². The van der Waals surface area contributed by atoms with E-state index in [4.69, 9.17) is 4.74 Å². The van der Waals surface area contributed by atoms with E-state index in [9.17, 15) is 0 Å². The summed E-state index contributed by atoms with van der Waals surface area (Å²) in [5, 5.41) is 0. The van der Waals surface area contributed by atoms with Gasteiger partial charge in [-0.15, -0.1) is 0 Å². The van der Waals surface area contributed by atoms with Crippen molar-refractivity contribution in [2.45, 2.75) is 12.8 Å². The van der Waals surface area contributed by atoms with Gasteiger partial charge in [0.25, 0.3) is 0 Å². The molecule has 0 aromatic heterocycles. The van der Waals surface area contributed by atoms with Crippen molar-refractivity contribution in [2.75, 3.05) is 13.2 Å². The zero-order valence-electron chi connectivity index (χ0n) is 4.81. The van der Waals surface area contributed by atoms with Crippen molar-refractivity contribution in [3.8, 4) is 0 Å². The zero-order chi connectivity index (χ0) is 3.54. The molecule has 1 heterocycles. The van der Waals surface area contributed by atoms with Crippen molar-refractivity contribution >= 4 is 0 Å². The average molecular weight is 95.1 g/mol. The summed E-state index contributed by atoms with van der Waals surface area (Å²) in [5.41, 5.74) is 0. The van der Waals surface area contributed by atoms with E-state index in [1.807, 2.05) is 0 Å². The molecule has 1 fully saturated rings. The Morgan fingerprint density at radius 3 is 1.57 bits per heavy atom. The minimum absolute atomic E-state index is 0. The molecule has 7 heavy (non-hydrogen) atoms. The molecule has 0 saturated carbocycles. The molecule has 0 aromatic carbocycles. The van der Waals surface area contributed by atoms with Crippen LogP contribution in [0.2, 0.25) is 0 Å². The molecule has 1 saturated heterocycles. The maximum atomic E-state index is 4.94. The van der Waals surface area contributed by atoms with Crippen LogP contribution in [0.4, 0.5) is 0 Å². The van der Waals surface area contributed by atoms with E-state index in [-0.39, 0.29) is 25.0 Å². The van der Waals surface area contributed by atoms with Crippen LogP contribution in [0.1, 0.15) is 12.8 Å². The smallest absolute Gasteiger partial charge is 0.693 e. The molecule has 1 aliphatic rings. The van der Waals surface area contributed by atoms with E-state index in [2.05, 4.69) is 0 Å². The Hall–Kier alpha value is 0.517. The third kappa shape index (κ3) is 4.37. The van der Waals surface area contributed by atoms with Gasteiger partial charge in [-0.2, -0.15) is 0 Å². The largest absolute Gasteiger partial charge is 1.00 e. The molecule has 3 heteroatoms. The molecule has 0 atom stereocenters. The monoisotopic (exact) mass is 95.1 g/mol. The van der Waals surface area contributed by atoms with E-state index in [1.54, 1.807) is 0 Å². The molecule has 0 spiro atoms. The Bertz CT molecular complexity index is 23.3. The van der Waals surface area contributed by atoms with Gasteiger partial charge in [-0.1, -0.05) is 0 Å². The molecule has 0 aromatic rings. The Labute approximate surface area is 56.4 Å². The normalized spacial score (nSPS) is 17.1. The molecule has 1 rings (SSSR count). The van der Waals surface area contributed by atoms with Gasteiger partial charge in [0.15, 0.2) is 0 Å². The van der Waals surface area contributed by atoms with Crippen molar-refractivity contribution in [1.82, 2.24) is 0 Å². The van der Waals surface area contributed by atoms with Crippen LogP contribution >= 0.6 is 0 Å². The first-order valence-corrected chi connectivity index (χ1v) is 2.08. The molecule has 0 unspecified atom stereocenters. The fraction of sp³-hybridized carbons (Fsp3) is 1.00. The van der Waals surface area contributed by atoms with Gasteiger partial charge >= 0.3 is 18.9 Å². The SMILES string of the molecule is C1CCOC1.[Li+].[NH2-]. The molecule has 0 amide bonds. The van der Waals surface area contributed by atoms with Crippen molar-refractivity contribution < 1.29 is 23.6 Å². The van der Waals surface area contributed by atoms with Gasteiger partial charge < -0.3 is 10.9 Å². The zero-order valence-corrected chi connectivity index (χ0v) is 4.81. The molecule has 0 radical (unpaired) electrons. The second-order valence-electron chi connectivity index (χ2n) is 1.32. The predicted molar refractivity (Wildman–Crippen MR) is 25.3 cm³/mol. The van der Waals surface area contributed by atoms with Crippen LogP contribution in [0.25, 0.3) is 6.15 Å². The van der Waals surface area contributed by atoms with Crippen LogP contribution in [0, 0.1) is 0 Å². The maximum Gasteiger partial charge on any atom is 1.00 e. The van der Waals surface area contributed by atoms with E-state index >= 15 is 0 Å². The van der Waals surface area contributed by atoms with E-state index < -0.39 is 0 Å². The summed E-state index contributed by atoms with van der Waals surface area (Å²) in [5.74, 6) is 0. The van der Waals surface area contributed by atoms with Crippen LogP contribution in [-0.2, 0) is 4.74 Å². The summed E-state index contributed by atoms with van der Waals surface area (Å²) < 4.78 is 4.94. The van der Waals surface area contributed by atoms with Gasteiger partial charge in [0, 0.05) is 13.2 Å². The number of rotatable bonds is 0. The van der Waals surface area contributed by atoms with E-state index in [0.717, 1.165) is 13.2 Å². The Balaban J connectivity index is 0. The summed E-state index contributed by atoms with van der Waals surface area (Å²) in [6.45, 7) is 2.00. The molecule has 1 aliphatic heterocycles. The summed E-state index contributed by atoms with van der Waals surface area (Å²) in [6, 6.07) is 0. The first-order valence-electron chi connectivity index (χ1n) is 2.08. The molecule has 0 bridgehead atoms. The topological polar surface area (TPSA) is 42.7 Å². The number of hydrogen-bond donors (Lipinski definition) is 0. The van der Waals surface area contributed by atoms with Gasteiger partial charge in [0.05, 0.1) is 0 Å². The molecule has 2 nitrogen and oxygen atoms in total. The number of nitrogens with two attached hydrogens (primary N) is 1. The fourth-order valence-electron chi connectivity index (χ4n) is 0.510. The minimum Gasteiger partial charge on any atom is -0.693 e. The molecular weight excluding hydrogens is 85.0 g/mol. The number of ether oxygens (including phenoxy) is 1. The standard InChI is InChI=1S/C4H8O.Li.H2N/c1-2-4-5-3-1;;/h1-4H2;;1H2/q;+1;-1. The summed E-state index contributed by atoms with van der Waals surface area (Å²) >= 11 is 0. The quantitative estimate of drug-likeness (QED) is 0.338. The third-order valence-electron chi connectivity index (χ3n) is 0.827. The van der Waals surface area contributed by atoms with E-state index in [0.29, 0.717) is 0 Å². The second kappa shape index (κ2) is 6.52. The van der Waals surface area contributed by atoms with Crippen LogP contribution in [0.3, 0.4) is 0 Å². The molecule has 2 N–H and O–H groups in total. The van der Waals surface area contributed by atoms with Crippen molar-refractivity contribution in [1.29, 1.82) is 0 Å². The summed E-state index contributed by atoms with van der Waals surface area (Å²) in [4.78, 5) is 0. The first kappa shape index (κ1) is 10.5. The molecule has 38 valence electrons. The van der Waals surface area contributed by atoms with Crippen LogP contribution < -0.4 is 18.9 Å². The Morgan fingerprint density at radius 2 is 1.43 bits per heavy atom. The Morgan fingerprint density at radius 1 is 1.00 bits per heavy atom. The van der Waals surface area contributed by atoms with Gasteiger partial charge in [-0.3, -0.25) is 0 Å². The summed E-state index contributed by atoms with van der Waals surface area (Å²) in [6.07, 6.45) is 2.56. The van der Waals surface area contributed by atoms with Gasteiger partial charge in [-0.05, 0) is 12.8 Å². The Kier molecular flexibility index (Phi) is 9.77. The van der Waals surface area contributed by atoms with E-state index in [1.165, 1.54) is 12.8 Å². The van der Waals surface area contributed by atoms with Crippen LogP contribution in [-0.4, -0.2) is 13.2 Å². The summed E-state index contributed by atoms with van der Waals surface area (Å²) in [7, 11) is 0. The van der Waals surface area contributed by atoms with Crippen molar-refractivity contribution in [2.24, 2.45) is 0 Å². The van der Waals surface area contributed by atoms with Gasteiger partial charge in [-0.25, -0.2) is 0 Å². The fourth-order valence-corrected chi connectivity index (χ4v) is 0.510. The third-order valence-corrected chi connectivity index (χ3v) is 0.827.